The van der Waals surface area contributed by atoms with Gasteiger partial charge >= 0.3 is 0 Å². The Morgan fingerprint density at radius 3 is 1.96 bits per heavy atom. The van der Waals surface area contributed by atoms with Gasteiger partial charge in [-0.15, -0.1) is 11.3 Å². The molecule has 0 fully saturated rings. The van der Waals surface area contributed by atoms with Crippen LogP contribution in [0, 0.1) is 0 Å². The molecule has 9 aromatic rings. The highest BCUT2D eigenvalue weighted by atomic mass is 32.1. The summed E-state index contributed by atoms with van der Waals surface area (Å²) in [5.74, 6) is 0.621. The summed E-state index contributed by atoms with van der Waals surface area (Å²) >= 11 is 1.84. The van der Waals surface area contributed by atoms with E-state index in [0.29, 0.717) is 5.89 Å². The van der Waals surface area contributed by atoms with Crippen LogP contribution in [-0.2, 0) is 0 Å². The molecule has 0 N–H and O–H groups in total. The SMILES string of the molecule is c1ccc(-c2nc3c(cc(N(c4ccc5c(c4)sc4ccccc45)c4ccccc4-c4ccccc4)c4ccccc43)o2)cc1. The number of para-hydroxylation sites is 1. The van der Waals surface area contributed by atoms with Gasteiger partial charge in [0.1, 0.15) is 5.52 Å². The minimum absolute atomic E-state index is 0.621. The lowest BCUT2D eigenvalue weighted by molar-refractivity contribution is 0.620. The van der Waals surface area contributed by atoms with Crippen LogP contribution < -0.4 is 4.90 Å². The Balaban J connectivity index is 1.35. The molecule has 0 saturated carbocycles. The second-order valence-electron chi connectivity index (χ2n) is 11.2. The predicted molar refractivity (Wildman–Crippen MR) is 190 cm³/mol. The lowest BCUT2D eigenvalue weighted by Crippen LogP contribution is -2.11. The van der Waals surface area contributed by atoms with Crippen LogP contribution in [0.25, 0.3) is 64.6 Å². The van der Waals surface area contributed by atoms with E-state index in [-0.39, 0.29) is 0 Å². The summed E-state index contributed by atoms with van der Waals surface area (Å²) in [6.45, 7) is 0. The minimum atomic E-state index is 0.621. The molecule has 0 aliphatic rings. The Bertz CT molecular complexity index is 2500. The van der Waals surface area contributed by atoms with Crippen molar-refractivity contribution in [3.8, 4) is 22.6 Å². The summed E-state index contributed by atoms with van der Waals surface area (Å²) in [5, 5.41) is 4.74. The number of fused-ring (bicyclic) bond motifs is 6. The van der Waals surface area contributed by atoms with Crippen molar-refractivity contribution in [2.75, 3.05) is 4.90 Å². The van der Waals surface area contributed by atoms with Gasteiger partial charge in [-0.25, -0.2) is 4.98 Å². The van der Waals surface area contributed by atoms with Crippen LogP contribution in [0.3, 0.4) is 0 Å². The first-order chi connectivity index (χ1) is 22.3. The Hall–Kier alpha value is -5.71. The number of oxazole rings is 1. The molecule has 3 nitrogen and oxygen atoms in total. The van der Waals surface area contributed by atoms with Crippen molar-refractivity contribution in [2.24, 2.45) is 0 Å². The van der Waals surface area contributed by atoms with E-state index in [0.717, 1.165) is 55.6 Å². The van der Waals surface area contributed by atoms with E-state index in [1.807, 2.05) is 41.7 Å². The van der Waals surface area contributed by atoms with Crippen LogP contribution in [0.4, 0.5) is 17.1 Å². The van der Waals surface area contributed by atoms with E-state index in [4.69, 9.17) is 9.40 Å². The smallest absolute Gasteiger partial charge is 0.227 e. The van der Waals surface area contributed by atoms with E-state index in [1.165, 1.54) is 20.2 Å². The standard InChI is InChI=1S/C41H26N2OS/c1-3-13-27(14-4-1)30-17-9-11-21-35(30)43(29-23-24-33-32-19-10-12-22-38(32)45-39(33)25-29)36-26-37-40(34-20-8-7-18-31(34)36)42-41(44-37)28-15-5-2-6-16-28/h1-26H. The normalized spacial score (nSPS) is 11.6. The largest absolute Gasteiger partial charge is 0.436 e. The molecule has 9 rings (SSSR count). The van der Waals surface area contributed by atoms with Gasteiger partial charge < -0.3 is 9.32 Å². The fourth-order valence-corrected chi connectivity index (χ4v) is 7.56. The lowest BCUT2D eigenvalue weighted by atomic mass is 10.00. The van der Waals surface area contributed by atoms with Gasteiger partial charge in [0.2, 0.25) is 5.89 Å². The molecule has 0 bridgehead atoms. The maximum absolute atomic E-state index is 6.51. The molecule has 0 saturated heterocycles. The Morgan fingerprint density at radius 2 is 1.13 bits per heavy atom. The molecule has 0 amide bonds. The number of hydrogen-bond donors (Lipinski definition) is 0. The first-order valence-corrected chi connectivity index (χ1v) is 15.9. The summed E-state index contributed by atoms with van der Waals surface area (Å²) in [4.78, 5) is 7.39. The van der Waals surface area contributed by atoms with Crippen LogP contribution in [0.1, 0.15) is 0 Å². The number of benzene rings is 7. The molecule has 0 unspecified atom stereocenters. The van der Waals surface area contributed by atoms with Crippen molar-refractivity contribution in [3.05, 3.63) is 158 Å². The van der Waals surface area contributed by atoms with E-state index in [2.05, 4.69) is 132 Å². The zero-order chi connectivity index (χ0) is 29.7. The summed E-state index contributed by atoms with van der Waals surface area (Å²) in [7, 11) is 0. The van der Waals surface area contributed by atoms with Crippen molar-refractivity contribution in [1.82, 2.24) is 4.98 Å². The maximum Gasteiger partial charge on any atom is 0.227 e. The number of hydrogen-bond acceptors (Lipinski definition) is 4. The number of aromatic nitrogens is 1. The van der Waals surface area contributed by atoms with Crippen LogP contribution in [-0.4, -0.2) is 4.98 Å². The first-order valence-electron chi connectivity index (χ1n) is 15.1. The van der Waals surface area contributed by atoms with Gasteiger partial charge in [0.05, 0.1) is 11.4 Å². The number of rotatable bonds is 5. The molecule has 0 atom stereocenters. The van der Waals surface area contributed by atoms with Crippen LogP contribution in [0.15, 0.2) is 162 Å². The molecule has 4 heteroatoms. The van der Waals surface area contributed by atoms with Gasteiger partial charge in [0.15, 0.2) is 5.58 Å². The van der Waals surface area contributed by atoms with Gasteiger partial charge in [-0.2, -0.15) is 0 Å². The topological polar surface area (TPSA) is 29.3 Å². The van der Waals surface area contributed by atoms with Crippen molar-refractivity contribution < 1.29 is 4.42 Å². The Kier molecular flexibility index (Phi) is 6.00. The van der Waals surface area contributed by atoms with E-state index in [9.17, 15) is 0 Å². The third-order valence-corrected chi connectivity index (χ3v) is 9.62. The predicted octanol–water partition coefficient (Wildman–Crippen LogP) is 12.2. The van der Waals surface area contributed by atoms with Crippen molar-refractivity contribution in [1.29, 1.82) is 0 Å². The van der Waals surface area contributed by atoms with Gasteiger partial charge in [0.25, 0.3) is 0 Å². The van der Waals surface area contributed by atoms with Crippen molar-refractivity contribution in [2.45, 2.75) is 0 Å². The number of thiophene rings is 1. The van der Waals surface area contributed by atoms with Gasteiger partial charge in [-0.1, -0.05) is 115 Å². The van der Waals surface area contributed by atoms with E-state index >= 15 is 0 Å². The Labute approximate surface area is 264 Å². The zero-order valence-corrected chi connectivity index (χ0v) is 25.0. The molecule has 0 aliphatic heterocycles. The fraction of sp³-hybridized carbons (Fsp3) is 0. The molecule has 45 heavy (non-hydrogen) atoms. The quantitative estimate of drug-likeness (QED) is 0.198. The highest BCUT2D eigenvalue weighted by Gasteiger charge is 2.23. The number of nitrogens with zero attached hydrogens (tertiary/aromatic N) is 2. The number of anilines is 3. The molecule has 0 spiro atoms. The molecular weight excluding hydrogens is 569 g/mol. The second-order valence-corrected chi connectivity index (χ2v) is 12.3. The highest BCUT2D eigenvalue weighted by Crippen LogP contribution is 2.47. The monoisotopic (exact) mass is 594 g/mol. The molecule has 0 radical (unpaired) electrons. The molecule has 2 heterocycles. The van der Waals surface area contributed by atoms with Crippen molar-refractivity contribution >= 4 is 70.4 Å². The first kappa shape index (κ1) is 25.8. The molecular formula is C41H26N2OS. The summed E-state index contributed by atoms with van der Waals surface area (Å²) in [5.41, 5.74) is 8.12. The van der Waals surface area contributed by atoms with Crippen molar-refractivity contribution in [3.63, 3.8) is 0 Å². The van der Waals surface area contributed by atoms with E-state index in [1.54, 1.807) is 0 Å². The van der Waals surface area contributed by atoms with Gasteiger partial charge in [0, 0.05) is 53.8 Å². The lowest BCUT2D eigenvalue weighted by Gasteiger charge is -2.29. The summed E-state index contributed by atoms with van der Waals surface area (Å²) in [6.07, 6.45) is 0. The maximum atomic E-state index is 6.51. The van der Waals surface area contributed by atoms with Gasteiger partial charge in [-0.3, -0.25) is 0 Å². The average molecular weight is 595 g/mol. The minimum Gasteiger partial charge on any atom is -0.436 e. The molecule has 0 aliphatic carbocycles. The third-order valence-electron chi connectivity index (χ3n) is 8.49. The molecule has 2 aromatic heterocycles. The van der Waals surface area contributed by atoms with Crippen LogP contribution in [0.5, 0.6) is 0 Å². The molecule has 7 aromatic carbocycles. The summed E-state index contributed by atoms with van der Waals surface area (Å²) in [6, 6.07) is 55.6. The summed E-state index contributed by atoms with van der Waals surface area (Å²) < 4.78 is 9.07. The Morgan fingerprint density at radius 1 is 0.489 bits per heavy atom. The van der Waals surface area contributed by atoms with Gasteiger partial charge in [-0.05, 0) is 42.0 Å². The van der Waals surface area contributed by atoms with Crippen LogP contribution >= 0.6 is 11.3 Å². The second kappa shape index (κ2) is 10.5. The average Bonchev–Trinajstić information content (AvgIpc) is 3.71. The third kappa shape index (κ3) is 4.30. The highest BCUT2D eigenvalue weighted by molar-refractivity contribution is 7.25. The van der Waals surface area contributed by atoms with Crippen LogP contribution in [0.2, 0.25) is 0 Å². The zero-order valence-electron chi connectivity index (χ0n) is 24.2. The molecule has 212 valence electrons. The fourth-order valence-electron chi connectivity index (χ4n) is 6.42. The van der Waals surface area contributed by atoms with E-state index < -0.39 is 0 Å².